The van der Waals surface area contributed by atoms with E-state index >= 15 is 0 Å². The number of carbonyl (C=O) groups excluding carboxylic acids is 1. The van der Waals surface area contributed by atoms with Gasteiger partial charge in [0.25, 0.3) is 10.0 Å². The number of hydrogen-bond donors (Lipinski definition) is 0. The molecule has 0 fully saturated rings. The molecule has 29 heavy (non-hydrogen) atoms. The Morgan fingerprint density at radius 3 is 2.31 bits per heavy atom. The molecule has 0 saturated carbocycles. The van der Waals surface area contributed by atoms with Crippen molar-refractivity contribution >= 4 is 59.0 Å². The van der Waals surface area contributed by atoms with Crippen LogP contribution in [0.15, 0.2) is 56.7 Å². The molecule has 154 valence electrons. The highest BCUT2D eigenvalue weighted by atomic mass is 35.5. The first-order chi connectivity index (χ1) is 13.5. The first-order valence-electron chi connectivity index (χ1n) is 7.98. The molecule has 8 nitrogen and oxygen atoms in total. The second kappa shape index (κ2) is 7.90. The van der Waals surface area contributed by atoms with Crippen LogP contribution < -0.4 is 4.80 Å². The minimum absolute atomic E-state index is 0.00556. The summed E-state index contributed by atoms with van der Waals surface area (Å²) in [5.74, 6) is -0.609. The van der Waals surface area contributed by atoms with Gasteiger partial charge in [-0.05, 0) is 42.5 Å². The SMILES string of the molecule is COC(=O)Cn1/c(=N/S(=O)(=O)c2ccc(Cl)cc2)sc2cc(S(C)(=O)=O)ccc21. The Morgan fingerprint density at radius 1 is 1.10 bits per heavy atom. The van der Waals surface area contributed by atoms with E-state index in [2.05, 4.69) is 9.13 Å². The zero-order chi connectivity index (χ0) is 21.4. The Kier molecular flexibility index (Phi) is 5.86. The highest BCUT2D eigenvalue weighted by molar-refractivity contribution is 7.90. The van der Waals surface area contributed by atoms with Crippen molar-refractivity contribution in [3.63, 3.8) is 0 Å². The van der Waals surface area contributed by atoms with Crippen LogP contribution in [0.2, 0.25) is 5.02 Å². The molecule has 3 rings (SSSR count). The summed E-state index contributed by atoms with van der Waals surface area (Å²) in [5, 5.41) is 0.375. The average Bonchev–Trinajstić information content (AvgIpc) is 2.97. The minimum Gasteiger partial charge on any atom is -0.468 e. The van der Waals surface area contributed by atoms with Crippen LogP contribution in [0.4, 0.5) is 0 Å². The lowest BCUT2D eigenvalue weighted by Crippen LogP contribution is -2.22. The molecule has 0 aliphatic heterocycles. The standard InChI is InChI=1S/C17H15ClN2O6S3/c1-26-16(21)10-20-14-8-7-13(28(2,22)23)9-15(14)27-17(20)19-29(24,25)12-5-3-11(18)4-6-12/h3-9H,10H2,1-2H3/b19-17-. The topological polar surface area (TPSA) is 112 Å². The van der Waals surface area contributed by atoms with Gasteiger partial charge in [-0.15, -0.1) is 4.40 Å². The lowest BCUT2D eigenvalue weighted by molar-refractivity contribution is -0.141. The molecule has 1 heterocycles. The van der Waals surface area contributed by atoms with E-state index in [9.17, 15) is 21.6 Å². The summed E-state index contributed by atoms with van der Waals surface area (Å²) in [4.78, 5) is 11.8. The van der Waals surface area contributed by atoms with Crippen LogP contribution in [0.1, 0.15) is 0 Å². The van der Waals surface area contributed by atoms with E-state index in [1.54, 1.807) is 0 Å². The second-order valence-corrected chi connectivity index (χ2v) is 11.0. The first-order valence-corrected chi connectivity index (χ1v) is 12.5. The van der Waals surface area contributed by atoms with Crippen molar-refractivity contribution in [2.75, 3.05) is 13.4 Å². The highest BCUT2D eigenvalue weighted by Gasteiger charge is 2.18. The lowest BCUT2D eigenvalue weighted by atomic mass is 10.3. The van der Waals surface area contributed by atoms with E-state index in [1.165, 1.54) is 54.1 Å². The van der Waals surface area contributed by atoms with Gasteiger partial charge in [0.05, 0.1) is 27.1 Å². The molecule has 0 amide bonds. The van der Waals surface area contributed by atoms with Crippen molar-refractivity contribution in [1.82, 2.24) is 4.57 Å². The maximum atomic E-state index is 12.7. The van der Waals surface area contributed by atoms with Crippen molar-refractivity contribution in [1.29, 1.82) is 0 Å². The Morgan fingerprint density at radius 2 is 1.72 bits per heavy atom. The van der Waals surface area contributed by atoms with Crippen LogP contribution in [0.3, 0.4) is 0 Å². The van der Waals surface area contributed by atoms with E-state index in [4.69, 9.17) is 11.6 Å². The molecule has 0 radical (unpaired) electrons. The summed E-state index contributed by atoms with van der Waals surface area (Å²) in [6, 6.07) is 9.79. The maximum absolute atomic E-state index is 12.7. The fourth-order valence-electron chi connectivity index (χ4n) is 2.46. The zero-order valence-corrected chi connectivity index (χ0v) is 18.4. The largest absolute Gasteiger partial charge is 0.468 e. The summed E-state index contributed by atoms with van der Waals surface area (Å²) in [5.41, 5.74) is 0.456. The van der Waals surface area contributed by atoms with Gasteiger partial charge < -0.3 is 9.30 Å². The third-order valence-electron chi connectivity index (χ3n) is 3.91. The van der Waals surface area contributed by atoms with Crippen LogP contribution in [0.25, 0.3) is 10.2 Å². The molecule has 0 spiro atoms. The number of fused-ring (bicyclic) bond motifs is 1. The van der Waals surface area contributed by atoms with Crippen molar-refractivity contribution in [3.8, 4) is 0 Å². The van der Waals surface area contributed by atoms with Gasteiger partial charge in [0.15, 0.2) is 9.84 Å². The predicted molar refractivity (Wildman–Crippen MR) is 109 cm³/mol. The van der Waals surface area contributed by atoms with Crippen molar-refractivity contribution < 1.29 is 26.4 Å². The molecule has 0 aliphatic rings. The number of halogens is 1. The van der Waals surface area contributed by atoms with Gasteiger partial charge in [-0.1, -0.05) is 22.9 Å². The fourth-order valence-corrected chi connectivity index (χ4v) is 5.58. The van der Waals surface area contributed by atoms with Crippen molar-refractivity contribution in [3.05, 3.63) is 52.3 Å². The number of rotatable bonds is 5. The van der Waals surface area contributed by atoms with Gasteiger partial charge >= 0.3 is 5.97 Å². The van der Waals surface area contributed by atoms with Crippen LogP contribution in [0.5, 0.6) is 0 Å². The van der Waals surface area contributed by atoms with Crippen LogP contribution in [-0.4, -0.2) is 40.7 Å². The monoisotopic (exact) mass is 474 g/mol. The maximum Gasteiger partial charge on any atom is 0.325 e. The van der Waals surface area contributed by atoms with E-state index in [1.807, 2.05) is 0 Å². The van der Waals surface area contributed by atoms with E-state index in [0.717, 1.165) is 17.6 Å². The average molecular weight is 475 g/mol. The number of sulfonamides is 1. The van der Waals surface area contributed by atoms with Gasteiger partial charge in [0.1, 0.15) is 6.54 Å². The predicted octanol–water partition coefficient (Wildman–Crippen LogP) is 2.22. The number of esters is 1. The number of nitrogens with zero attached hydrogens (tertiary/aromatic N) is 2. The smallest absolute Gasteiger partial charge is 0.325 e. The number of aromatic nitrogens is 1. The molecule has 0 aliphatic carbocycles. The quantitative estimate of drug-likeness (QED) is 0.524. The normalized spacial score (nSPS) is 13.0. The van der Waals surface area contributed by atoms with Crippen molar-refractivity contribution in [2.24, 2.45) is 4.40 Å². The summed E-state index contributed by atoms with van der Waals surface area (Å²) >= 11 is 6.75. The molecular weight excluding hydrogens is 460 g/mol. The Balaban J connectivity index is 2.26. The summed E-state index contributed by atoms with van der Waals surface area (Å²) in [6.07, 6.45) is 1.07. The molecule has 2 aromatic carbocycles. The van der Waals surface area contributed by atoms with E-state index < -0.39 is 25.8 Å². The zero-order valence-electron chi connectivity index (χ0n) is 15.2. The van der Waals surface area contributed by atoms with Gasteiger partial charge in [0.2, 0.25) is 4.80 Å². The van der Waals surface area contributed by atoms with Crippen LogP contribution in [-0.2, 0) is 35.9 Å². The van der Waals surface area contributed by atoms with Gasteiger partial charge in [0, 0.05) is 11.3 Å². The Labute approximate surface area is 176 Å². The molecule has 12 heteroatoms. The van der Waals surface area contributed by atoms with Gasteiger partial charge in [-0.2, -0.15) is 8.42 Å². The minimum atomic E-state index is -4.10. The van der Waals surface area contributed by atoms with Gasteiger partial charge in [-0.25, -0.2) is 8.42 Å². The summed E-state index contributed by atoms with van der Waals surface area (Å²) < 4.78 is 59.4. The summed E-state index contributed by atoms with van der Waals surface area (Å²) in [7, 11) is -6.35. The number of methoxy groups -OCH3 is 1. The molecule has 0 saturated heterocycles. The first kappa shape index (κ1) is 21.5. The van der Waals surface area contributed by atoms with E-state index in [0.29, 0.717) is 15.2 Å². The molecule has 3 aromatic rings. The summed E-state index contributed by atoms with van der Waals surface area (Å²) in [6.45, 7) is -0.288. The van der Waals surface area contributed by atoms with Crippen LogP contribution >= 0.6 is 22.9 Å². The molecule has 0 N–H and O–H groups in total. The number of hydrogen-bond acceptors (Lipinski definition) is 7. The number of carbonyl (C=O) groups is 1. The second-order valence-electron chi connectivity index (χ2n) is 5.97. The third-order valence-corrected chi connectivity index (χ3v) is 7.71. The lowest BCUT2D eigenvalue weighted by Gasteiger charge is -2.04. The number of thiazole rings is 1. The Bertz CT molecular complexity index is 1370. The fraction of sp³-hybridized carbons (Fsp3) is 0.176. The molecule has 0 unspecified atom stereocenters. The molecular formula is C17H15ClN2O6S3. The molecule has 1 aromatic heterocycles. The molecule has 0 atom stereocenters. The number of benzene rings is 2. The highest BCUT2D eigenvalue weighted by Crippen LogP contribution is 2.23. The van der Waals surface area contributed by atoms with Crippen LogP contribution in [0, 0.1) is 0 Å². The Hall–Kier alpha value is -2.21. The third kappa shape index (κ3) is 4.69. The van der Waals surface area contributed by atoms with Gasteiger partial charge in [-0.3, -0.25) is 4.79 Å². The number of sulfone groups is 1. The molecule has 0 bridgehead atoms. The van der Waals surface area contributed by atoms with Crippen molar-refractivity contribution in [2.45, 2.75) is 16.3 Å². The van der Waals surface area contributed by atoms with E-state index in [-0.39, 0.29) is 21.1 Å². The number of ether oxygens (including phenoxy) is 1.